The average Bonchev–Trinajstić information content (AvgIpc) is 2.16. The first-order valence-corrected chi connectivity index (χ1v) is 5.32. The van der Waals surface area contributed by atoms with E-state index in [0.717, 1.165) is 9.39 Å². The molecule has 14 heavy (non-hydrogen) atoms. The molecule has 1 aromatic rings. The number of aromatic nitrogens is 2. The number of hydrogen-bond acceptors (Lipinski definition) is 5. The molecule has 0 aliphatic carbocycles. The van der Waals surface area contributed by atoms with Crippen molar-refractivity contribution in [3.63, 3.8) is 0 Å². The first-order chi connectivity index (χ1) is 6.61. The van der Waals surface area contributed by atoms with Crippen molar-refractivity contribution in [2.75, 3.05) is 11.9 Å². The van der Waals surface area contributed by atoms with Gasteiger partial charge in [0.1, 0.15) is 12.1 Å². The third kappa shape index (κ3) is 3.35. The van der Waals surface area contributed by atoms with E-state index in [9.17, 15) is 0 Å². The van der Waals surface area contributed by atoms with E-state index in [-0.39, 0.29) is 6.04 Å². The number of nitrogens with two attached hydrogens (primary N) is 1. The fourth-order valence-electron chi connectivity index (χ4n) is 0.828. The van der Waals surface area contributed by atoms with Crippen LogP contribution in [-0.4, -0.2) is 33.8 Å². The summed E-state index contributed by atoms with van der Waals surface area (Å²) in [6.45, 7) is 2.15. The van der Waals surface area contributed by atoms with Crippen LogP contribution in [0.3, 0.4) is 0 Å². The van der Waals surface area contributed by atoms with Crippen LogP contribution in [0, 0.1) is 3.57 Å². The minimum Gasteiger partial charge on any atom is -0.392 e. The van der Waals surface area contributed by atoms with Gasteiger partial charge in [-0.3, -0.25) is 0 Å². The number of hydrogen-bond donors (Lipinski definition) is 3. The zero-order valence-electron chi connectivity index (χ0n) is 7.81. The van der Waals surface area contributed by atoms with E-state index < -0.39 is 6.10 Å². The lowest BCUT2D eigenvalue weighted by Gasteiger charge is -2.15. The molecule has 0 saturated heterocycles. The smallest absolute Gasteiger partial charge is 0.142 e. The fourth-order valence-corrected chi connectivity index (χ4v) is 1.32. The first-order valence-electron chi connectivity index (χ1n) is 4.24. The van der Waals surface area contributed by atoms with Crippen molar-refractivity contribution < 1.29 is 5.11 Å². The molecule has 0 amide bonds. The Hall–Kier alpha value is -0.470. The Labute approximate surface area is 96.3 Å². The molecule has 0 aliphatic rings. The summed E-state index contributed by atoms with van der Waals surface area (Å²) >= 11 is 2.13. The van der Waals surface area contributed by atoms with Gasteiger partial charge in [-0.05, 0) is 29.5 Å². The number of nitrogens with one attached hydrogen (secondary N) is 1. The van der Waals surface area contributed by atoms with Crippen molar-refractivity contribution >= 4 is 28.4 Å². The Balaban J connectivity index is 2.50. The molecule has 0 radical (unpaired) electrons. The van der Waals surface area contributed by atoms with Crippen LogP contribution in [0.1, 0.15) is 6.92 Å². The SMILES string of the molecule is CC(O)C(N)CNc1ncncc1I. The normalized spacial score (nSPS) is 14.9. The number of aliphatic hydroxyl groups excluding tert-OH is 1. The van der Waals surface area contributed by atoms with Gasteiger partial charge in [0.15, 0.2) is 0 Å². The highest BCUT2D eigenvalue weighted by Gasteiger charge is 2.09. The lowest BCUT2D eigenvalue weighted by atomic mass is 10.2. The van der Waals surface area contributed by atoms with E-state index in [1.165, 1.54) is 6.33 Å². The maximum Gasteiger partial charge on any atom is 0.142 e. The van der Waals surface area contributed by atoms with Gasteiger partial charge in [0, 0.05) is 18.8 Å². The van der Waals surface area contributed by atoms with Crippen LogP contribution in [0.5, 0.6) is 0 Å². The third-order valence-corrected chi connectivity index (χ3v) is 2.58. The van der Waals surface area contributed by atoms with E-state index >= 15 is 0 Å². The van der Waals surface area contributed by atoms with E-state index in [4.69, 9.17) is 10.8 Å². The molecule has 1 aromatic heterocycles. The summed E-state index contributed by atoms with van der Waals surface area (Å²) in [5, 5.41) is 12.2. The summed E-state index contributed by atoms with van der Waals surface area (Å²) in [4.78, 5) is 7.91. The van der Waals surface area contributed by atoms with E-state index in [2.05, 4.69) is 37.9 Å². The van der Waals surface area contributed by atoms with E-state index in [1.54, 1.807) is 13.1 Å². The zero-order chi connectivity index (χ0) is 10.6. The molecule has 5 nitrogen and oxygen atoms in total. The molecule has 78 valence electrons. The monoisotopic (exact) mass is 308 g/mol. The highest BCUT2D eigenvalue weighted by molar-refractivity contribution is 14.1. The van der Waals surface area contributed by atoms with Crippen LogP contribution >= 0.6 is 22.6 Å². The molecule has 2 atom stereocenters. The molecule has 0 fully saturated rings. The van der Waals surface area contributed by atoms with Crippen molar-refractivity contribution in [2.45, 2.75) is 19.1 Å². The lowest BCUT2D eigenvalue weighted by Crippen LogP contribution is -2.38. The minimum atomic E-state index is -0.526. The maximum atomic E-state index is 9.17. The Bertz CT molecular complexity index is 294. The van der Waals surface area contributed by atoms with Crippen LogP contribution < -0.4 is 11.1 Å². The highest BCUT2D eigenvalue weighted by atomic mass is 127. The number of halogens is 1. The van der Waals surface area contributed by atoms with Gasteiger partial charge in [0.25, 0.3) is 0 Å². The number of aliphatic hydroxyl groups is 1. The van der Waals surface area contributed by atoms with Gasteiger partial charge in [-0.2, -0.15) is 0 Å². The van der Waals surface area contributed by atoms with Crippen LogP contribution in [0.4, 0.5) is 5.82 Å². The molecule has 0 bridgehead atoms. The lowest BCUT2D eigenvalue weighted by molar-refractivity contribution is 0.168. The number of anilines is 1. The fraction of sp³-hybridized carbons (Fsp3) is 0.500. The molecule has 0 saturated carbocycles. The zero-order valence-corrected chi connectivity index (χ0v) is 9.97. The summed E-state index contributed by atoms with van der Waals surface area (Å²) in [5.41, 5.74) is 5.66. The van der Waals surface area contributed by atoms with Gasteiger partial charge in [-0.1, -0.05) is 0 Å². The topological polar surface area (TPSA) is 84.1 Å². The first kappa shape index (κ1) is 11.6. The molecule has 1 rings (SSSR count). The molecule has 0 aromatic carbocycles. The van der Waals surface area contributed by atoms with E-state index in [0.29, 0.717) is 6.54 Å². The Morgan fingerprint density at radius 3 is 3.00 bits per heavy atom. The second-order valence-electron chi connectivity index (χ2n) is 3.00. The summed E-state index contributed by atoms with van der Waals surface area (Å²) in [7, 11) is 0. The van der Waals surface area contributed by atoms with Crippen molar-refractivity contribution in [3.05, 3.63) is 16.1 Å². The van der Waals surface area contributed by atoms with Gasteiger partial charge in [-0.15, -0.1) is 0 Å². The molecular weight excluding hydrogens is 295 g/mol. The van der Waals surface area contributed by atoms with Gasteiger partial charge >= 0.3 is 0 Å². The summed E-state index contributed by atoms with van der Waals surface area (Å²) in [5.74, 6) is 0.747. The predicted octanol–water partition coefficient (Wildman–Crippen LogP) is 0.201. The minimum absolute atomic E-state index is 0.291. The van der Waals surface area contributed by atoms with E-state index in [1.807, 2.05) is 0 Å². The Morgan fingerprint density at radius 2 is 2.43 bits per heavy atom. The molecule has 4 N–H and O–H groups in total. The van der Waals surface area contributed by atoms with Crippen LogP contribution in [-0.2, 0) is 0 Å². The molecule has 2 unspecified atom stereocenters. The van der Waals surface area contributed by atoms with Gasteiger partial charge < -0.3 is 16.2 Å². The quantitative estimate of drug-likeness (QED) is 0.692. The largest absolute Gasteiger partial charge is 0.392 e. The standard InChI is InChI=1S/C8H13IN4O/c1-5(14)7(10)3-12-8-6(9)2-11-4-13-8/h2,4-5,7,14H,3,10H2,1H3,(H,11,12,13). The van der Waals surface area contributed by atoms with Crippen molar-refractivity contribution in [1.29, 1.82) is 0 Å². The molecule has 1 heterocycles. The second kappa shape index (κ2) is 5.42. The van der Waals surface area contributed by atoms with Gasteiger partial charge in [0.2, 0.25) is 0 Å². The van der Waals surface area contributed by atoms with Gasteiger partial charge in [0.05, 0.1) is 9.67 Å². The maximum absolute atomic E-state index is 9.17. The highest BCUT2D eigenvalue weighted by Crippen LogP contribution is 2.11. The molecular formula is C8H13IN4O. The van der Waals surface area contributed by atoms with Crippen LogP contribution in [0.25, 0.3) is 0 Å². The van der Waals surface area contributed by atoms with Crippen LogP contribution in [0.15, 0.2) is 12.5 Å². The third-order valence-electron chi connectivity index (χ3n) is 1.79. The average molecular weight is 308 g/mol. The van der Waals surface area contributed by atoms with Crippen molar-refractivity contribution in [3.8, 4) is 0 Å². The second-order valence-corrected chi connectivity index (χ2v) is 4.17. The summed E-state index contributed by atoms with van der Waals surface area (Å²) < 4.78 is 0.933. The Morgan fingerprint density at radius 1 is 1.71 bits per heavy atom. The van der Waals surface area contributed by atoms with Crippen LogP contribution in [0.2, 0.25) is 0 Å². The number of nitrogens with zero attached hydrogens (tertiary/aromatic N) is 2. The molecule has 0 spiro atoms. The summed E-state index contributed by atoms with van der Waals surface area (Å²) in [6, 6.07) is -0.291. The van der Waals surface area contributed by atoms with Gasteiger partial charge in [-0.25, -0.2) is 9.97 Å². The van der Waals surface area contributed by atoms with Crippen molar-refractivity contribution in [2.24, 2.45) is 5.73 Å². The Kier molecular flexibility index (Phi) is 4.49. The predicted molar refractivity (Wildman–Crippen MR) is 62.9 cm³/mol. The molecule has 6 heteroatoms. The van der Waals surface area contributed by atoms with Crippen molar-refractivity contribution in [1.82, 2.24) is 9.97 Å². The number of rotatable bonds is 4. The molecule has 0 aliphatic heterocycles. The summed E-state index contributed by atoms with van der Waals surface area (Å²) in [6.07, 6.45) is 2.66.